The summed E-state index contributed by atoms with van der Waals surface area (Å²) >= 11 is 0. The second-order valence-electron chi connectivity index (χ2n) is 6.07. The molecule has 17 heavy (non-hydrogen) atoms. The van der Waals surface area contributed by atoms with Gasteiger partial charge in [0.25, 0.3) is 0 Å². The van der Waals surface area contributed by atoms with E-state index in [9.17, 15) is 0 Å². The Morgan fingerprint density at radius 3 is 2.53 bits per heavy atom. The van der Waals surface area contributed by atoms with Gasteiger partial charge in [0.05, 0.1) is 5.69 Å². The van der Waals surface area contributed by atoms with Gasteiger partial charge >= 0.3 is 0 Å². The van der Waals surface area contributed by atoms with Crippen molar-refractivity contribution in [1.82, 2.24) is 9.78 Å². The van der Waals surface area contributed by atoms with E-state index in [2.05, 4.69) is 18.9 Å². The quantitative estimate of drug-likeness (QED) is 0.852. The standard InChI is InChI=1S/C14H23N3/c1-8-13(9(2)17(3)16-8)14(15)12-7-10-4-5-11(12)6-10/h10-12,14H,4-7,15H2,1-3H3. The molecule has 2 N–H and O–H groups in total. The first-order valence-corrected chi connectivity index (χ1v) is 6.83. The second-order valence-corrected chi connectivity index (χ2v) is 6.07. The Hall–Kier alpha value is -0.830. The summed E-state index contributed by atoms with van der Waals surface area (Å²) in [5.41, 5.74) is 10.2. The molecule has 0 aliphatic heterocycles. The van der Waals surface area contributed by atoms with Crippen LogP contribution in [0, 0.1) is 31.6 Å². The summed E-state index contributed by atoms with van der Waals surface area (Å²) in [5.74, 6) is 2.55. The van der Waals surface area contributed by atoms with E-state index in [-0.39, 0.29) is 6.04 Å². The molecule has 2 bridgehead atoms. The molecule has 0 radical (unpaired) electrons. The highest BCUT2D eigenvalue weighted by atomic mass is 15.3. The van der Waals surface area contributed by atoms with Gasteiger partial charge in [0.15, 0.2) is 0 Å². The van der Waals surface area contributed by atoms with Gasteiger partial charge in [-0.15, -0.1) is 0 Å². The number of hydrogen-bond donors (Lipinski definition) is 1. The molecule has 2 fully saturated rings. The zero-order valence-electron chi connectivity index (χ0n) is 11.1. The Labute approximate surface area is 103 Å². The van der Waals surface area contributed by atoms with Crippen molar-refractivity contribution in [2.75, 3.05) is 0 Å². The normalized spacial score (nSPS) is 33.3. The van der Waals surface area contributed by atoms with Crippen LogP contribution in [0.15, 0.2) is 0 Å². The summed E-state index contributed by atoms with van der Waals surface area (Å²) < 4.78 is 1.97. The van der Waals surface area contributed by atoms with Gasteiger partial charge in [-0.3, -0.25) is 4.68 Å². The van der Waals surface area contributed by atoms with Crippen LogP contribution in [0.2, 0.25) is 0 Å². The van der Waals surface area contributed by atoms with Crippen LogP contribution in [0.3, 0.4) is 0 Å². The number of hydrogen-bond acceptors (Lipinski definition) is 2. The number of aryl methyl sites for hydroxylation is 2. The molecule has 1 aromatic rings. The van der Waals surface area contributed by atoms with E-state index >= 15 is 0 Å². The fourth-order valence-electron chi connectivity index (χ4n) is 4.22. The predicted molar refractivity (Wildman–Crippen MR) is 68.5 cm³/mol. The van der Waals surface area contributed by atoms with Gasteiger partial charge in [0.1, 0.15) is 0 Å². The zero-order chi connectivity index (χ0) is 12.2. The van der Waals surface area contributed by atoms with Gasteiger partial charge in [-0.25, -0.2) is 0 Å². The highest BCUT2D eigenvalue weighted by molar-refractivity contribution is 5.29. The maximum atomic E-state index is 6.55. The summed E-state index contributed by atoms with van der Waals surface area (Å²) in [6.07, 6.45) is 5.62. The highest BCUT2D eigenvalue weighted by Gasteiger charge is 2.43. The third kappa shape index (κ3) is 1.63. The number of rotatable bonds is 2. The molecular formula is C14H23N3. The smallest absolute Gasteiger partial charge is 0.0644 e. The lowest BCUT2D eigenvalue weighted by Crippen LogP contribution is -2.27. The van der Waals surface area contributed by atoms with Crippen LogP contribution in [0.25, 0.3) is 0 Å². The maximum Gasteiger partial charge on any atom is 0.0644 e. The van der Waals surface area contributed by atoms with Crippen molar-refractivity contribution in [2.24, 2.45) is 30.5 Å². The molecular weight excluding hydrogens is 210 g/mol. The van der Waals surface area contributed by atoms with Crippen LogP contribution in [0.5, 0.6) is 0 Å². The molecule has 2 aliphatic carbocycles. The van der Waals surface area contributed by atoms with Gasteiger partial charge in [0, 0.05) is 24.3 Å². The van der Waals surface area contributed by atoms with Gasteiger partial charge < -0.3 is 5.73 Å². The molecule has 0 spiro atoms. The summed E-state index contributed by atoms with van der Waals surface area (Å²) in [6.45, 7) is 4.23. The Bertz CT molecular complexity index is 435. The minimum Gasteiger partial charge on any atom is -0.324 e. The molecule has 2 aliphatic rings. The van der Waals surface area contributed by atoms with Crippen molar-refractivity contribution >= 4 is 0 Å². The highest BCUT2D eigenvalue weighted by Crippen LogP contribution is 2.52. The van der Waals surface area contributed by atoms with Gasteiger partial charge in [-0.2, -0.15) is 5.10 Å². The first-order valence-electron chi connectivity index (χ1n) is 6.83. The molecule has 0 aromatic carbocycles. The Balaban J connectivity index is 1.89. The largest absolute Gasteiger partial charge is 0.324 e. The van der Waals surface area contributed by atoms with Gasteiger partial charge in [-0.1, -0.05) is 6.42 Å². The third-order valence-corrected chi connectivity index (χ3v) is 5.15. The van der Waals surface area contributed by atoms with Crippen molar-refractivity contribution in [1.29, 1.82) is 0 Å². The minimum atomic E-state index is 0.207. The molecule has 3 heteroatoms. The minimum absolute atomic E-state index is 0.207. The van der Waals surface area contributed by atoms with Crippen LogP contribution >= 0.6 is 0 Å². The van der Waals surface area contributed by atoms with E-state index < -0.39 is 0 Å². The Morgan fingerprint density at radius 1 is 1.29 bits per heavy atom. The lowest BCUT2D eigenvalue weighted by Gasteiger charge is -2.28. The fourth-order valence-corrected chi connectivity index (χ4v) is 4.22. The number of fused-ring (bicyclic) bond motifs is 2. The molecule has 94 valence electrons. The monoisotopic (exact) mass is 233 g/mol. The Morgan fingerprint density at radius 2 is 2.06 bits per heavy atom. The van der Waals surface area contributed by atoms with Crippen LogP contribution in [-0.4, -0.2) is 9.78 Å². The van der Waals surface area contributed by atoms with Crippen LogP contribution in [0.1, 0.15) is 48.7 Å². The molecule has 3 nitrogen and oxygen atoms in total. The number of nitrogens with zero attached hydrogens (tertiary/aromatic N) is 2. The van der Waals surface area contributed by atoms with Gasteiger partial charge in [0.2, 0.25) is 0 Å². The average molecular weight is 233 g/mol. The molecule has 1 aromatic heterocycles. The van der Waals surface area contributed by atoms with E-state index in [1.165, 1.54) is 36.9 Å². The van der Waals surface area contributed by atoms with Crippen LogP contribution in [0.4, 0.5) is 0 Å². The van der Waals surface area contributed by atoms with Crippen molar-refractivity contribution in [3.8, 4) is 0 Å². The van der Waals surface area contributed by atoms with E-state index in [1.54, 1.807) is 0 Å². The second kappa shape index (κ2) is 3.84. The van der Waals surface area contributed by atoms with Crippen LogP contribution in [-0.2, 0) is 7.05 Å². The summed E-state index contributed by atoms with van der Waals surface area (Å²) in [5, 5.41) is 4.50. The average Bonchev–Trinajstić information content (AvgIpc) is 2.94. The predicted octanol–water partition coefficient (Wildman–Crippen LogP) is 2.47. The molecule has 1 heterocycles. The third-order valence-electron chi connectivity index (χ3n) is 5.15. The van der Waals surface area contributed by atoms with Crippen molar-refractivity contribution in [3.63, 3.8) is 0 Å². The van der Waals surface area contributed by atoms with E-state index in [1.807, 2.05) is 11.7 Å². The van der Waals surface area contributed by atoms with Crippen LogP contribution < -0.4 is 5.73 Å². The molecule has 2 saturated carbocycles. The van der Waals surface area contributed by atoms with Gasteiger partial charge in [-0.05, 0) is 50.9 Å². The number of nitrogens with two attached hydrogens (primary N) is 1. The lowest BCUT2D eigenvalue weighted by molar-refractivity contribution is 0.283. The fraction of sp³-hybridized carbons (Fsp3) is 0.786. The Kier molecular flexibility index (Phi) is 2.54. The van der Waals surface area contributed by atoms with E-state index in [4.69, 9.17) is 5.73 Å². The molecule has 0 saturated heterocycles. The zero-order valence-corrected chi connectivity index (χ0v) is 11.1. The maximum absolute atomic E-state index is 6.55. The first-order chi connectivity index (χ1) is 8.08. The summed E-state index contributed by atoms with van der Waals surface area (Å²) in [6, 6.07) is 0.207. The van der Waals surface area contributed by atoms with E-state index in [0.717, 1.165) is 17.5 Å². The number of aromatic nitrogens is 2. The van der Waals surface area contributed by atoms with Crippen molar-refractivity contribution in [3.05, 3.63) is 17.0 Å². The summed E-state index contributed by atoms with van der Waals surface area (Å²) in [4.78, 5) is 0. The first kappa shape index (κ1) is 11.3. The molecule has 4 unspecified atom stereocenters. The summed E-state index contributed by atoms with van der Waals surface area (Å²) in [7, 11) is 2.01. The van der Waals surface area contributed by atoms with Crippen molar-refractivity contribution in [2.45, 2.75) is 45.6 Å². The van der Waals surface area contributed by atoms with Crippen molar-refractivity contribution < 1.29 is 0 Å². The molecule has 0 amide bonds. The SMILES string of the molecule is Cc1nn(C)c(C)c1C(N)C1CC2CCC1C2. The lowest BCUT2D eigenvalue weighted by atomic mass is 9.80. The van der Waals surface area contributed by atoms with E-state index in [0.29, 0.717) is 5.92 Å². The topological polar surface area (TPSA) is 43.8 Å². The molecule has 4 atom stereocenters. The molecule has 3 rings (SSSR count).